The van der Waals surface area contributed by atoms with Gasteiger partial charge in [-0.05, 0) is 19.8 Å². The van der Waals surface area contributed by atoms with E-state index in [9.17, 15) is 0 Å². The lowest BCUT2D eigenvalue weighted by Gasteiger charge is -2.13. The zero-order valence-electron chi connectivity index (χ0n) is 9.24. The van der Waals surface area contributed by atoms with E-state index < -0.39 is 0 Å². The first kappa shape index (κ1) is 10.3. The lowest BCUT2D eigenvalue weighted by molar-refractivity contribution is 0.567. The zero-order valence-corrected chi connectivity index (χ0v) is 9.24. The molecule has 0 spiro atoms. The molecule has 1 aliphatic carbocycles. The largest absolute Gasteiger partial charge is 0.382 e. The quantitative estimate of drug-likeness (QED) is 0.715. The molecule has 4 heteroatoms. The van der Waals surface area contributed by atoms with Gasteiger partial charge in [-0.25, -0.2) is 4.98 Å². The van der Waals surface area contributed by atoms with Gasteiger partial charge in [-0.15, -0.1) is 10.2 Å². The van der Waals surface area contributed by atoms with E-state index in [-0.39, 0.29) is 0 Å². The first-order valence-electron chi connectivity index (χ1n) is 5.74. The molecule has 0 bridgehead atoms. The predicted molar refractivity (Wildman–Crippen MR) is 59.4 cm³/mol. The van der Waals surface area contributed by atoms with Crippen LogP contribution in [0.3, 0.4) is 0 Å². The molecule has 0 radical (unpaired) electrons. The molecule has 1 aliphatic rings. The molecule has 1 saturated carbocycles. The molecule has 4 nitrogen and oxygen atoms in total. The summed E-state index contributed by atoms with van der Waals surface area (Å²) in [6, 6.07) is 0. The second kappa shape index (κ2) is 4.55. The van der Waals surface area contributed by atoms with E-state index in [1.807, 2.05) is 6.92 Å². The first-order chi connectivity index (χ1) is 7.27. The number of hydrogen-bond acceptors (Lipinski definition) is 4. The minimum absolute atomic E-state index is 0.480. The van der Waals surface area contributed by atoms with Crippen molar-refractivity contribution in [3.8, 4) is 0 Å². The lowest BCUT2D eigenvalue weighted by Crippen LogP contribution is -2.09. The van der Waals surface area contributed by atoms with Gasteiger partial charge >= 0.3 is 0 Å². The molecule has 2 rings (SSSR count). The average molecular weight is 206 g/mol. The maximum absolute atomic E-state index is 5.89. The van der Waals surface area contributed by atoms with Crippen LogP contribution >= 0.6 is 0 Å². The van der Waals surface area contributed by atoms with Gasteiger partial charge in [-0.3, -0.25) is 0 Å². The van der Waals surface area contributed by atoms with E-state index in [1.54, 1.807) is 0 Å². The molecule has 1 fully saturated rings. The van der Waals surface area contributed by atoms with Gasteiger partial charge in [0.1, 0.15) is 17.3 Å². The second-order valence-corrected chi connectivity index (χ2v) is 4.32. The predicted octanol–water partition coefficient (Wildman–Crippen LogP) is 2.20. The Kier molecular flexibility index (Phi) is 3.14. The van der Waals surface area contributed by atoms with Crippen molar-refractivity contribution < 1.29 is 0 Å². The maximum Gasteiger partial charge on any atom is 0.150 e. The Balaban J connectivity index is 2.19. The van der Waals surface area contributed by atoms with Crippen LogP contribution in [0.5, 0.6) is 0 Å². The Morgan fingerprint density at radius 2 is 1.73 bits per heavy atom. The van der Waals surface area contributed by atoms with Crippen LogP contribution in [-0.2, 0) is 0 Å². The number of aromatic nitrogens is 3. The lowest BCUT2D eigenvalue weighted by atomic mass is 9.96. The fourth-order valence-electron chi connectivity index (χ4n) is 2.28. The van der Waals surface area contributed by atoms with Crippen molar-refractivity contribution in [3.05, 3.63) is 11.5 Å². The number of nitrogens with two attached hydrogens (primary N) is 1. The highest BCUT2D eigenvalue weighted by Gasteiger charge is 2.19. The van der Waals surface area contributed by atoms with Crippen LogP contribution in [0.25, 0.3) is 0 Å². The van der Waals surface area contributed by atoms with Crippen LogP contribution in [-0.4, -0.2) is 15.2 Å². The summed E-state index contributed by atoms with van der Waals surface area (Å²) >= 11 is 0. The Hall–Kier alpha value is -1.19. The molecule has 0 aromatic carbocycles. The molecule has 0 atom stereocenters. The normalized spacial score (nSPS) is 18.7. The monoisotopic (exact) mass is 206 g/mol. The van der Waals surface area contributed by atoms with Gasteiger partial charge in [0, 0.05) is 5.92 Å². The summed E-state index contributed by atoms with van der Waals surface area (Å²) in [5, 5.41) is 8.21. The molecule has 1 aromatic heterocycles. The third-order valence-electron chi connectivity index (χ3n) is 3.09. The van der Waals surface area contributed by atoms with Gasteiger partial charge in [0.25, 0.3) is 0 Å². The van der Waals surface area contributed by atoms with Gasteiger partial charge in [0.05, 0.1) is 0 Å². The van der Waals surface area contributed by atoms with Crippen molar-refractivity contribution in [2.45, 2.75) is 51.4 Å². The van der Waals surface area contributed by atoms with Crippen LogP contribution in [0.2, 0.25) is 0 Å². The van der Waals surface area contributed by atoms with Gasteiger partial charge in [0.2, 0.25) is 0 Å². The van der Waals surface area contributed by atoms with Gasteiger partial charge < -0.3 is 5.73 Å². The van der Waals surface area contributed by atoms with Crippen molar-refractivity contribution >= 4 is 5.82 Å². The minimum Gasteiger partial charge on any atom is -0.382 e. The van der Waals surface area contributed by atoms with Crippen molar-refractivity contribution in [1.82, 2.24) is 15.2 Å². The summed E-state index contributed by atoms with van der Waals surface area (Å²) in [6.07, 6.45) is 7.60. The average Bonchev–Trinajstić information content (AvgIpc) is 2.46. The number of anilines is 1. The first-order valence-corrected chi connectivity index (χ1v) is 5.74. The number of aryl methyl sites for hydroxylation is 1. The van der Waals surface area contributed by atoms with Crippen molar-refractivity contribution in [3.63, 3.8) is 0 Å². The van der Waals surface area contributed by atoms with E-state index in [1.165, 1.54) is 38.5 Å². The van der Waals surface area contributed by atoms with E-state index in [2.05, 4.69) is 15.2 Å². The highest BCUT2D eigenvalue weighted by Crippen LogP contribution is 2.32. The Morgan fingerprint density at radius 1 is 1.07 bits per heavy atom. The second-order valence-electron chi connectivity index (χ2n) is 4.32. The van der Waals surface area contributed by atoms with Crippen LogP contribution in [0, 0.1) is 6.92 Å². The molecule has 15 heavy (non-hydrogen) atoms. The number of hydrogen-bond donors (Lipinski definition) is 1. The summed E-state index contributed by atoms with van der Waals surface area (Å²) in [5.74, 6) is 1.72. The molecule has 0 unspecified atom stereocenters. The highest BCUT2D eigenvalue weighted by atomic mass is 15.2. The summed E-state index contributed by atoms with van der Waals surface area (Å²) in [7, 11) is 0. The molecule has 82 valence electrons. The Morgan fingerprint density at radius 3 is 2.33 bits per heavy atom. The fraction of sp³-hybridized carbons (Fsp3) is 0.727. The van der Waals surface area contributed by atoms with Crippen molar-refractivity contribution in [2.75, 3.05) is 5.73 Å². The summed E-state index contributed by atoms with van der Waals surface area (Å²) in [4.78, 5) is 4.18. The SMILES string of the molecule is Cc1nnc(C2CCCCCC2)c(N)n1. The standard InChI is InChI=1S/C11H18N4/c1-8-13-11(12)10(15-14-8)9-6-4-2-3-5-7-9/h9H,2-7H2,1H3,(H2,12,13,14). The van der Waals surface area contributed by atoms with Gasteiger partial charge in [0.15, 0.2) is 0 Å². The van der Waals surface area contributed by atoms with E-state index in [4.69, 9.17) is 5.73 Å². The van der Waals surface area contributed by atoms with Crippen molar-refractivity contribution in [1.29, 1.82) is 0 Å². The summed E-state index contributed by atoms with van der Waals surface area (Å²) < 4.78 is 0. The minimum atomic E-state index is 0.480. The molecule has 1 heterocycles. The third-order valence-corrected chi connectivity index (χ3v) is 3.09. The molecule has 0 aliphatic heterocycles. The Bertz CT molecular complexity index is 329. The topological polar surface area (TPSA) is 64.7 Å². The number of rotatable bonds is 1. The third kappa shape index (κ3) is 2.43. The molecular weight excluding hydrogens is 188 g/mol. The highest BCUT2D eigenvalue weighted by molar-refractivity contribution is 5.35. The molecule has 0 amide bonds. The van der Waals surface area contributed by atoms with Crippen LogP contribution < -0.4 is 5.73 Å². The number of nitrogens with zero attached hydrogens (tertiary/aromatic N) is 3. The van der Waals surface area contributed by atoms with Gasteiger partial charge in [-0.1, -0.05) is 25.7 Å². The van der Waals surface area contributed by atoms with E-state index in [0.29, 0.717) is 17.6 Å². The fourth-order valence-corrected chi connectivity index (χ4v) is 2.28. The van der Waals surface area contributed by atoms with Crippen LogP contribution in [0.4, 0.5) is 5.82 Å². The zero-order chi connectivity index (χ0) is 10.7. The van der Waals surface area contributed by atoms with E-state index >= 15 is 0 Å². The summed E-state index contributed by atoms with van der Waals surface area (Å²) in [6.45, 7) is 1.82. The smallest absolute Gasteiger partial charge is 0.150 e. The summed E-state index contributed by atoms with van der Waals surface area (Å²) in [5.41, 5.74) is 6.81. The molecular formula is C11H18N4. The maximum atomic E-state index is 5.89. The van der Waals surface area contributed by atoms with Crippen LogP contribution in [0.15, 0.2) is 0 Å². The van der Waals surface area contributed by atoms with Crippen molar-refractivity contribution in [2.24, 2.45) is 0 Å². The molecule has 0 saturated heterocycles. The Labute approximate surface area is 90.3 Å². The molecule has 1 aromatic rings. The van der Waals surface area contributed by atoms with E-state index in [0.717, 1.165) is 5.69 Å². The number of nitrogen functional groups attached to an aromatic ring is 1. The van der Waals surface area contributed by atoms with Gasteiger partial charge in [-0.2, -0.15) is 0 Å². The molecule has 2 N–H and O–H groups in total. The van der Waals surface area contributed by atoms with Crippen LogP contribution in [0.1, 0.15) is 56.0 Å².